The molecule has 2 aliphatic rings. The lowest BCUT2D eigenvalue weighted by Gasteiger charge is -2.38. The number of nitrogens with zero attached hydrogens (tertiary/aromatic N) is 2. The highest BCUT2D eigenvalue weighted by Crippen LogP contribution is 2.26. The topological polar surface area (TPSA) is 112 Å². The minimum Gasteiger partial charge on any atom is -0.505 e. The van der Waals surface area contributed by atoms with E-state index in [9.17, 15) is 19.5 Å². The molecule has 3 N–H and O–H groups in total. The van der Waals surface area contributed by atoms with Gasteiger partial charge in [-0.25, -0.2) is 4.79 Å². The number of aromatic hydroxyl groups is 1. The van der Waals surface area contributed by atoms with Gasteiger partial charge in [0.05, 0.1) is 18.3 Å². The first-order chi connectivity index (χ1) is 10.0. The highest BCUT2D eigenvalue weighted by atomic mass is 16.3. The normalized spacial score (nSPS) is 24.9. The van der Waals surface area contributed by atoms with Crippen LogP contribution in [0, 0.1) is 0 Å². The fourth-order valence-electron chi connectivity index (χ4n) is 2.78. The maximum Gasteiger partial charge on any atom is 0.322 e. The van der Waals surface area contributed by atoms with Crippen LogP contribution in [0.25, 0.3) is 0 Å². The third kappa shape index (κ3) is 2.18. The van der Waals surface area contributed by atoms with Crippen LogP contribution in [0.5, 0.6) is 5.75 Å². The second-order valence-corrected chi connectivity index (χ2v) is 5.21. The number of urea groups is 1. The Bertz CT molecular complexity index is 632. The van der Waals surface area contributed by atoms with E-state index in [2.05, 4.69) is 15.6 Å². The molecular weight excluding hydrogens is 276 g/mol. The number of piperidine rings is 1. The van der Waals surface area contributed by atoms with E-state index in [1.807, 2.05) is 0 Å². The molecule has 4 amide bonds. The minimum atomic E-state index is -1.06. The largest absolute Gasteiger partial charge is 0.505 e. The molecule has 1 aromatic heterocycles. The van der Waals surface area contributed by atoms with Gasteiger partial charge >= 0.3 is 6.03 Å². The molecule has 21 heavy (non-hydrogen) atoms. The van der Waals surface area contributed by atoms with Crippen molar-refractivity contribution in [1.82, 2.24) is 20.5 Å². The number of hydrogen-bond donors (Lipinski definition) is 3. The molecule has 2 saturated heterocycles. The van der Waals surface area contributed by atoms with Crippen LogP contribution in [0.15, 0.2) is 18.5 Å². The van der Waals surface area contributed by atoms with Gasteiger partial charge in [-0.3, -0.25) is 19.9 Å². The first-order valence-electron chi connectivity index (χ1n) is 6.58. The maximum absolute atomic E-state index is 12.4. The summed E-state index contributed by atoms with van der Waals surface area (Å²) in [4.78, 5) is 40.9. The molecule has 1 unspecified atom stereocenters. The SMILES string of the molecule is O=C1NC(=O)C2(CCCN(C(=O)c3ccncc3O)C2)N1. The van der Waals surface area contributed by atoms with E-state index in [1.54, 1.807) is 0 Å². The van der Waals surface area contributed by atoms with Gasteiger partial charge in [-0.2, -0.15) is 0 Å². The number of carbonyl (C=O) groups excluding carboxylic acids is 3. The van der Waals surface area contributed by atoms with Crippen LogP contribution in [0.2, 0.25) is 0 Å². The van der Waals surface area contributed by atoms with Crippen LogP contribution in [-0.2, 0) is 4.79 Å². The zero-order valence-electron chi connectivity index (χ0n) is 11.1. The van der Waals surface area contributed by atoms with E-state index in [-0.39, 0.29) is 23.8 Å². The predicted molar refractivity (Wildman–Crippen MR) is 70.4 cm³/mol. The summed E-state index contributed by atoms with van der Waals surface area (Å²) >= 11 is 0. The number of imide groups is 1. The fraction of sp³-hybridized carbons (Fsp3) is 0.385. The Labute approximate surface area is 120 Å². The van der Waals surface area contributed by atoms with E-state index in [4.69, 9.17) is 0 Å². The first-order valence-corrected chi connectivity index (χ1v) is 6.58. The average molecular weight is 290 g/mol. The summed E-state index contributed by atoms with van der Waals surface area (Å²) in [5, 5.41) is 14.5. The van der Waals surface area contributed by atoms with Crippen molar-refractivity contribution in [3.8, 4) is 5.75 Å². The molecule has 8 nitrogen and oxygen atoms in total. The molecule has 1 atom stereocenters. The number of amides is 4. The van der Waals surface area contributed by atoms with Crippen molar-refractivity contribution in [3.05, 3.63) is 24.0 Å². The lowest BCUT2D eigenvalue weighted by molar-refractivity contribution is -0.125. The predicted octanol–water partition coefficient (Wildman–Crippen LogP) is -0.399. The molecule has 2 fully saturated rings. The molecule has 1 aromatic rings. The third-order valence-electron chi connectivity index (χ3n) is 3.82. The van der Waals surface area contributed by atoms with Gasteiger partial charge in [-0.05, 0) is 18.9 Å². The molecule has 1 spiro atoms. The van der Waals surface area contributed by atoms with Crippen molar-refractivity contribution >= 4 is 17.8 Å². The quantitative estimate of drug-likeness (QED) is 0.609. The Morgan fingerprint density at radius 2 is 2.24 bits per heavy atom. The summed E-state index contributed by atoms with van der Waals surface area (Å²) in [5.74, 6) is -1.01. The van der Waals surface area contributed by atoms with Crippen molar-refractivity contribution in [2.45, 2.75) is 18.4 Å². The average Bonchev–Trinajstić information content (AvgIpc) is 2.72. The van der Waals surface area contributed by atoms with Gasteiger partial charge in [0, 0.05) is 12.7 Å². The summed E-state index contributed by atoms with van der Waals surface area (Å²) in [6.07, 6.45) is 3.68. The summed E-state index contributed by atoms with van der Waals surface area (Å²) in [7, 11) is 0. The Balaban J connectivity index is 1.84. The van der Waals surface area contributed by atoms with E-state index >= 15 is 0 Å². The summed E-state index contributed by atoms with van der Waals surface area (Å²) in [6.45, 7) is 0.552. The monoisotopic (exact) mass is 290 g/mol. The molecule has 110 valence electrons. The summed E-state index contributed by atoms with van der Waals surface area (Å²) < 4.78 is 0. The van der Waals surface area contributed by atoms with Crippen molar-refractivity contribution in [3.63, 3.8) is 0 Å². The van der Waals surface area contributed by atoms with Gasteiger partial charge in [-0.15, -0.1) is 0 Å². The number of carbonyl (C=O) groups is 3. The summed E-state index contributed by atoms with van der Waals surface area (Å²) in [5.41, 5.74) is -0.931. The highest BCUT2D eigenvalue weighted by molar-refractivity contribution is 6.07. The molecular formula is C13H14N4O4. The van der Waals surface area contributed by atoms with E-state index < -0.39 is 17.5 Å². The Kier molecular flexibility index (Phi) is 3.00. The Morgan fingerprint density at radius 1 is 1.43 bits per heavy atom. The minimum absolute atomic E-state index is 0.0885. The van der Waals surface area contributed by atoms with E-state index in [0.717, 1.165) is 0 Å². The van der Waals surface area contributed by atoms with Crippen LogP contribution < -0.4 is 10.6 Å². The van der Waals surface area contributed by atoms with Crippen molar-refractivity contribution in [1.29, 1.82) is 0 Å². The second-order valence-electron chi connectivity index (χ2n) is 5.21. The summed E-state index contributed by atoms with van der Waals surface area (Å²) in [6, 6.07) is 0.882. The van der Waals surface area contributed by atoms with Gasteiger partial charge in [0.25, 0.3) is 11.8 Å². The zero-order valence-corrected chi connectivity index (χ0v) is 11.1. The number of likely N-dealkylation sites (tertiary alicyclic amines) is 1. The van der Waals surface area contributed by atoms with E-state index in [0.29, 0.717) is 19.4 Å². The van der Waals surface area contributed by atoms with Crippen LogP contribution in [0.3, 0.4) is 0 Å². The molecule has 2 aliphatic heterocycles. The van der Waals surface area contributed by atoms with E-state index in [1.165, 1.54) is 23.4 Å². The van der Waals surface area contributed by atoms with Crippen LogP contribution in [-0.4, -0.2) is 51.5 Å². The van der Waals surface area contributed by atoms with Crippen LogP contribution in [0.1, 0.15) is 23.2 Å². The number of rotatable bonds is 1. The maximum atomic E-state index is 12.4. The standard InChI is InChI=1S/C13H14N4O4/c18-9-6-14-4-2-8(9)10(19)17-5-1-3-13(7-17)11(20)15-12(21)16-13/h2,4,6,18H,1,3,5,7H2,(H2,15,16,20,21). The fourth-order valence-corrected chi connectivity index (χ4v) is 2.78. The number of pyridine rings is 1. The molecule has 3 rings (SSSR count). The lowest BCUT2D eigenvalue weighted by atomic mass is 9.89. The highest BCUT2D eigenvalue weighted by Gasteiger charge is 2.49. The molecule has 0 bridgehead atoms. The van der Waals surface area contributed by atoms with Crippen molar-refractivity contribution in [2.24, 2.45) is 0 Å². The zero-order chi connectivity index (χ0) is 15.0. The second kappa shape index (κ2) is 4.72. The number of hydrogen-bond acceptors (Lipinski definition) is 5. The van der Waals surface area contributed by atoms with Gasteiger partial charge in [0.15, 0.2) is 0 Å². The first kappa shape index (κ1) is 13.3. The van der Waals surface area contributed by atoms with Gasteiger partial charge in [0.2, 0.25) is 0 Å². The van der Waals surface area contributed by atoms with Crippen molar-refractivity contribution in [2.75, 3.05) is 13.1 Å². The Hall–Kier alpha value is -2.64. The van der Waals surface area contributed by atoms with Crippen LogP contribution >= 0.6 is 0 Å². The molecule has 0 saturated carbocycles. The van der Waals surface area contributed by atoms with Gasteiger partial charge in [0.1, 0.15) is 11.3 Å². The smallest absolute Gasteiger partial charge is 0.322 e. The molecule has 0 aliphatic carbocycles. The molecule has 8 heteroatoms. The number of aromatic nitrogens is 1. The van der Waals surface area contributed by atoms with Gasteiger partial charge in [-0.1, -0.05) is 0 Å². The van der Waals surface area contributed by atoms with Gasteiger partial charge < -0.3 is 15.3 Å². The molecule has 0 aromatic carbocycles. The van der Waals surface area contributed by atoms with Crippen LogP contribution in [0.4, 0.5) is 4.79 Å². The molecule has 3 heterocycles. The molecule has 0 radical (unpaired) electrons. The number of nitrogens with one attached hydrogen (secondary N) is 2. The third-order valence-corrected chi connectivity index (χ3v) is 3.82. The lowest BCUT2D eigenvalue weighted by Crippen LogP contribution is -2.59. The van der Waals surface area contributed by atoms with Crippen molar-refractivity contribution < 1.29 is 19.5 Å². The Morgan fingerprint density at radius 3 is 2.90 bits per heavy atom.